The summed E-state index contributed by atoms with van der Waals surface area (Å²) in [6, 6.07) is 10.3. The third-order valence-electron chi connectivity index (χ3n) is 6.02. The Hall–Kier alpha value is -4.25. The molecule has 0 radical (unpaired) electrons. The molecule has 0 spiro atoms. The van der Waals surface area contributed by atoms with Crippen molar-refractivity contribution in [3.63, 3.8) is 0 Å². The molecule has 0 aliphatic rings. The standard InChI is InChI=1S/C27H26FN3O6S/c1-4-5-7-18-23(24-19(36-2)8-6-9-20(24)37-3)25(32)26(27(33)31-18)38(34,35)22-13-11-17(15-30-22)16-10-12-21(28)29-14-16/h6,8-15H,4-5,7H2,1-3H3,(H2,31,32,33). The highest BCUT2D eigenvalue weighted by molar-refractivity contribution is 7.91. The van der Waals surface area contributed by atoms with Crippen LogP contribution >= 0.6 is 0 Å². The molecule has 0 amide bonds. The highest BCUT2D eigenvalue weighted by Gasteiger charge is 2.32. The highest BCUT2D eigenvalue weighted by atomic mass is 32.2. The SMILES string of the molecule is CCCCc1[nH]c(=O)c(S(=O)(=O)c2ccc(-c3ccc(F)nc3)cn2)c(O)c1-c1c(OC)cccc1OC. The molecule has 1 aromatic carbocycles. The van der Waals surface area contributed by atoms with E-state index in [0.29, 0.717) is 46.7 Å². The van der Waals surface area contributed by atoms with Gasteiger partial charge in [-0.15, -0.1) is 0 Å². The molecule has 3 aromatic heterocycles. The Morgan fingerprint density at radius 1 is 0.947 bits per heavy atom. The smallest absolute Gasteiger partial charge is 0.271 e. The molecule has 3 heterocycles. The predicted octanol–water partition coefficient (Wildman–Crippen LogP) is 4.54. The quantitative estimate of drug-likeness (QED) is 0.297. The average molecular weight is 540 g/mol. The molecule has 0 bridgehead atoms. The molecule has 0 saturated heterocycles. The summed E-state index contributed by atoms with van der Waals surface area (Å²) in [4.78, 5) is 22.6. The van der Waals surface area contributed by atoms with E-state index in [4.69, 9.17) is 9.47 Å². The summed E-state index contributed by atoms with van der Waals surface area (Å²) in [5.41, 5.74) is 0.794. The number of aromatic nitrogens is 3. The van der Waals surface area contributed by atoms with Crippen molar-refractivity contribution < 1.29 is 27.4 Å². The van der Waals surface area contributed by atoms with Gasteiger partial charge in [-0.1, -0.05) is 19.4 Å². The Kier molecular flexibility index (Phi) is 7.77. The fraction of sp³-hybridized carbons (Fsp3) is 0.222. The van der Waals surface area contributed by atoms with Crippen LogP contribution in [0.15, 0.2) is 69.6 Å². The molecular formula is C27H26FN3O6S. The van der Waals surface area contributed by atoms with Gasteiger partial charge >= 0.3 is 0 Å². The first-order valence-electron chi connectivity index (χ1n) is 11.8. The second kappa shape index (κ2) is 11.0. The number of ether oxygens (including phenoxy) is 2. The second-order valence-electron chi connectivity index (χ2n) is 8.38. The minimum absolute atomic E-state index is 0.0972. The zero-order valence-corrected chi connectivity index (χ0v) is 21.8. The number of hydrogen-bond donors (Lipinski definition) is 2. The maximum Gasteiger partial charge on any atom is 0.271 e. The van der Waals surface area contributed by atoms with Crippen LogP contribution in [0, 0.1) is 5.95 Å². The van der Waals surface area contributed by atoms with Crippen molar-refractivity contribution >= 4 is 9.84 Å². The molecule has 38 heavy (non-hydrogen) atoms. The molecule has 0 aliphatic carbocycles. The van der Waals surface area contributed by atoms with Gasteiger partial charge in [0.25, 0.3) is 5.56 Å². The van der Waals surface area contributed by atoms with Gasteiger partial charge in [0.15, 0.2) is 9.92 Å². The van der Waals surface area contributed by atoms with Crippen molar-refractivity contribution in [1.29, 1.82) is 0 Å². The Balaban J connectivity index is 1.92. The second-order valence-corrected chi connectivity index (χ2v) is 10.2. The number of aromatic hydroxyl groups is 1. The molecule has 11 heteroatoms. The summed E-state index contributed by atoms with van der Waals surface area (Å²) in [7, 11) is -1.70. The normalized spacial score (nSPS) is 11.4. The lowest BCUT2D eigenvalue weighted by Gasteiger charge is -2.19. The number of pyridine rings is 3. The first-order valence-corrected chi connectivity index (χ1v) is 13.2. The third kappa shape index (κ3) is 4.97. The van der Waals surface area contributed by atoms with Crippen LogP contribution in [0.3, 0.4) is 0 Å². The summed E-state index contributed by atoms with van der Waals surface area (Å²) in [5.74, 6) is -0.733. The van der Waals surface area contributed by atoms with E-state index in [9.17, 15) is 22.7 Å². The van der Waals surface area contributed by atoms with Crippen molar-refractivity contribution in [2.45, 2.75) is 36.1 Å². The number of aromatic amines is 1. The molecule has 2 N–H and O–H groups in total. The lowest BCUT2D eigenvalue weighted by molar-refractivity contribution is 0.395. The maximum atomic E-state index is 13.6. The highest BCUT2D eigenvalue weighted by Crippen LogP contribution is 2.46. The van der Waals surface area contributed by atoms with Gasteiger partial charge < -0.3 is 19.6 Å². The number of nitrogens with one attached hydrogen (secondary N) is 1. The molecule has 198 valence electrons. The monoisotopic (exact) mass is 539 g/mol. The zero-order chi connectivity index (χ0) is 27.4. The van der Waals surface area contributed by atoms with E-state index in [1.807, 2.05) is 6.92 Å². The minimum Gasteiger partial charge on any atom is -0.506 e. The number of nitrogens with zero attached hydrogens (tertiary/aromatic N) is 2. The van der Waals surface area contributed by atoms with Crippen molar-refractivity contribution in [2.24, 2.45) is 0 Å². The van der Waals surface area contributed by atoms with Crippen LogP contribution in [0.5, 0.6) is 17.2 Å². The van der Waals surface area contributed by atoms with Crippen LogP contribution in [0.2, 0.25) is 0 Å². The third-order valence-corrected chi connectivity index (χ3v) is 7.73. The molecule has 0 fully saturated rings. The summed E-state index contributed by atoms with van der Waals surface area (Å²) < 4.78 is 51.4. The van der Waals surface area contributed by atoms with E-state index in [2.05, 4.69) is 15.0 Å². The lowest BCUT2D eigenvalue weighted by Crippen LogP contribution is -2.21. The van der Waals surface area contributed by atoms with Crippen LogP contribution in [0.25, 0.3) is 22.3 Å². The summed E-state index contributed by atoms with van der Waals surface area (Å²) in [6.07, 6.45) is 4.40. The van der Waals surface area contributed by atoms with Crippen molar-refractivity contribution in [3.8, 4) is 39.5 Å². The van der Waals surface area contributed by atoms with Gasteiger partial charge in [0.1, 0.15) is 17.2 Å². The topological polar surface area (TPSA) is 131 Å². The maximum absolute atomic E-state index is 13.6. The van der Waals surface area contributed by atoms with Gasteiger partial charge in [0, 0.05) is 29.2 Å². The molecule has 4 aromatic rings. The van der Waals surface area contributed by atoms with Crippen LogP contribution in [-0.2, 0) is 16.3 Å². The zero-order valence-electron chi connectivity index (χ0n) is 21.0. The number of halogens is 1. The fourth-order valence-electron chi connectivity index (χ4n) is 4.14. The van der Waals surface area contributed by atoms with E-state index >= 15 is 0 Å². The first-order chi connectivity index (χ1) is 18.2. The van der Waals surface area contributed by atoms with E-state index in [1.165, 1.54) is 50.9 Å². The number of sulfone groups is 1. The molecule has 0 atom stereocenters. The Labute approximate surface area is 218 Å². The van der Waals surface area contributed by atoms with Crippen LogP contribution in [0.4, 0.5) is 4.39 Å². The predicted molar refractivity (Wildman–Crippen MR) is 139 cm³/mol. The van der Waals surface area contributed by atoms with E-state index in [1.54, 1.807) is 18.2 Å². The average Bonchev–Trinajstić information content (AvgIpc) is 2.91. The number of unbranched alkanes of at least 4 members (excludes halogenated alkanes) is 1. The minimum atomic E-state index is -4.58. The number of methoxy groups -OCH3 is 2. The van der Waals surface area contributed by atoms with Crippen LogP contribution in [0.1, 0.15) is 25.5 Å². The van der Waals surface area contributed by atoms with Crippen molar-refractivity contribution in [1.82, 2.24) is 15.0 Å². The number of H-pyrrole nitrogens is 1. The molecule has 4 rings (SSSR count). The van der Waals surface area contributed by atoms with Gasteiger partial charge in [-0.2, -0.15) is 4.39 Å². The molecule has 0 unspecified atom stereocenters. The van der Waals surface area contributed by atoms with Gasteiger partial charge in [-0.3, -0.25) is 4.79 Å². The van der Waals surface area contributed by atoms with E-state index < -0.39 is 37.0 Å². The summed E-state index contributed by atoms with van der Waals surface area (Å²) in [6.45, 7) is 1.97. The van der Waals surface area contributed by atoms with Gasteiger partial charge in [-0.05, 0) is 49.2 Å². The molecule has 9 nitrogen and oxygen atoms in total. The van der Waals surface area contributed by atoms with Crippen molar-refractivity contribution in [2.75, 3.05) is 14.2 Å². The van der Waals surface area contributed by atoms with E-state index in [0.717, 1.165) is 6.42 Å². The number of hydrogen-bond acceptors (Lipinski definition) is 8. The van der Waals surface area contributed by atoms with Crippen LogP contribution in [-0.4, -0.2) is 42.7 Å². The summed E-state index contributed by atoms with van der Waals surface area (Å²) in [5, 5.41) is 11.0. The first kappa shape index (κ1) is 26.8. The largest absolute Gasteiger partial charge is 0.506 e. The summed E-state index contributed by atoms with van der Waals surface area (Å²) >= 11 is 0. The van der Waals surface area contributed by atoms with Crippen LogP contribution < -0.4 is 15.0 Å². The Morgan fingerprint density at radius 3 is 2.11 bits per heavy atom. The number of aryl methyl sites for hydroxylation is 1. The molecular weight excluding hydrogens is 513 g/mol. The van der Waals surface area contributed by atoms with E-state index in [-0.39, 0.29) is 5.56 Å². The number of benzene rings is 1. The Bertz CT molecular complexity index is 1600. The van der Waals surface area contributed by atoms with Gasteiger partial charge in [0.2, 0.25) is 15.8 Å². The molecule has 0 aliphatic heterocycles. The lowest BCUT2D eigenvalue weighted by atomic mass is 9.98. The molecule has 0 saturated carbocycles. The fourth-order valence-corrected chi connectivity index (χ4v) is 5.44. The number of rotatable bonds is 9. The Morgan fingerprint density at radius 2 is 1.58 bits per heavy atom. The van der Waals surface area contributed by atoms with Crippen molar-refractivity contribution in [3.05, 3.63) is 76.9 Å². The van der Waals surface area contributed by atoms with Gasteiger partial charge in [-0.25, -0.2) is 18.4 Å². The van der Waals surface area contributed by atoms with Gasteiger partial charge in [0.05, 0.1) is 25.3 Å².